The van der Waals surface area contributed by atoms with Gasteiger partial charge in [0.15, 0.2) is 5.71 Å². The first-order valence-electron chi connectivity index (χ1n) is 19.3. The van der Waals surface area contributed by atoms with Crippen LogP contribution in [0.2, 0.25) is 0 Å². The lowest BCUT2D eigenvalue weighted by Crippen LogP contribution is -2.28. The number of benzene rings is 2. The predicted molar refractivity (Wildman–Crippen MR) is 230 cm³/mol. The number of halogens is 1. The summed E-state index contributed by atoms with van der Waals surface area (Å²) in [6.07, 6.45) is 10.9. The number of fused-ring (bicyclic) bond motifs is 2. The average Bonchev–Trinajstić information content (AvgIpc) is 3.47. The van der Waals surface area contributed by atoms with E-state index in [1.54, 1.807) is 12.1 Å². The number of rotatable bonds is 15. The van der Waals surface area contributed by atoms with Crippen molar-refractivity contribution in [3.63, 3.8) is 0 Å². The van der Waals surface area contributed by atoms with Crippen LogP contribution in [0.4, 0.5) is 11.4 Å². The molecule has 5 rings (SSSR count). The summed E-state index contributed by atoms with van der Waals surface area (Å²) in [6.45, 7) is 12.4. The van der Waals surface area contributed by atoms with E-state index in [-0.39, 0.29) is 22.6 Å². The van der Waals surface area contributed by atoms with Crippen LogP contribution in [-0.4, -0.2) is 86.8 Å². The van der Waals surface area contributed by atoms with Crippen LogP contribution in [0.25, 0.3) is 0 Å². The number of unbranched alkanes of at least 4 members (excludes halogenated alkanes) is 2. The molecule has 0 fully saturated rings. The second kappa shape index (κ2) is 18.4. The van der Waals surface area contributed by atoms with Crippen molar-refractivity contribution in [3.8, 4) is 0 Å². The Kier molecular flexibility index (Phi) is 15.1. The third-order valence-corrected chi connectivity index (χ3v) is 14.5. The maximum absolute atomic E-state index is 12.0. The van der Waals surface area contributed by atoms with Crippen molar-refractivity contribution < 1.29 is 56.5 Å². The van der Waals surface area contributed by atoms with Crippen molar-refractivity contribution in [2.24, 2.45) is 0 Å². The lowest BCUT2D eigenvalue weighted by molar-refractivity contribution is -0.438. The molecule has 2 aliphatic heterocycles. The molecule has 0 spiro atoms. The van der Waals surface area contributed by atoms with Gasteiger partial charge in [-0.3, -0.25) is 18.2 Å². The molecule has 2 aromatic carbocycles. The first-order chi connectivity index (χ1) is 27.2. The maximum atomic E-state index is 12.0. The largest absolute Gasteiger partial charge is 0.344 e. The van der Waals surface area contributed by atoms with Crippen molar-refractivity contribution in [2.45, 2.75) is 107 Å². The van der Waals surface area contributed by atoms with Crippen molar-refractivity contribution in [3.05, 3.63) is 93.7 Å². The normalized spacial score (nSPS) is 19.4. The molecule has 0 radical (unpaired) electrons. The highest BCUT2D eigenvalue weighted by Gasteiger charge is 2.45. The second-order valence-electron chi connectivity index (χ2n) is 15.5. The number of hydrogen-bond acceptors (Lipinski definition) is 9. The van der Waals surface area contributed by atoms with Crippen LogP contribution >= 0.6 is 11.6 Å². The third-order valence-electron chi connectivity index (χ3n) is 10.7. The fraction of sp³-hybridized carbons (Fsp3) is 0.475. The Bertz CT molecular complexity index is 2570. The Morgan fingerprint density at radius 1 is 0.712 bits per heavy atom. The summed E-state index contributed by atoms with van der Waals surface area (Å²) in [4.78, 5) is 1.47. The summed E-state index contributed by atoms with van der Waals surface area (Å²) in [7, 11) is -17.3. The molecule has 0 saturated carbocycles. The van der Waals surface area contributed by atoms with E-state index in [0.717, 1.165) is 29.0 Å². The molecule has 2 heterocycles. The Morgan fingerprint density at radius 3 is 1.85 bits per heavy atom. The smallest absolute Gasteiger partial charge is 0.294 e. The van der Waals surface area contributed by atoms with Crippen LogP contribution in [0.1, 0.15) is 97.6 Å². The molecule has 14 nitrogen and oxygen atoms in total. The van der Waals surface area contributed by atoms with Gasteiger partial charge >= 0.3 is 0 Å². The lowest BCUT2D eigenvalue weighted by atomic mass is 9.81. The average molecular weight is 919 g/mol. The minimum atomic E-state index is -4.49. The summed E-state index contributed by atoms with van der Waals surface area (Å²) >= 11 is 7.09. The van der Waals surface area contributed by atoms with Gasteiger partial charge in [-0.15, -0.1) is 0 Å². The molecule has 1 aliphatic carbocycles. The van der Waals surface area contributed by atoms with E-state index in [1.807, 2.05) is 75.3 Å². The predicted octanol–water partition coefficient (Wildman–Crippen LogP) is 7.76. The van der Waals surface area contributed by atoms with Gasteiger partial charge in [0.05, 0.1) is 26.7 Å². The molecule has 0 bridgehead atoms. The molecule has 0 amide bonds. The van der Waals surface area contributed by atoms with Gasteiger partial charge in [-0.25, -0.2) is 0 Å². The van der Waals surface area contributed by atoms with Crippen LogP contribution in [0, 0.1) is 0 Å². The fourth-order valence-electron chi connectivity index (χ4n) is 7.79. The highest BCUT2D eigenvalue weighted by molar-refractivity contribution is 7.86. The second-order valence-corrected chi connectivity index (χ2v) is 21.9. The van der Waals surface area contributed by atoms with Crippen molar-refractivity contribution in [1.82, 2.24) is 0 Å². The quantitative estimate of drug-likeness (QED) is 0.0763. The highest BCUT2D eigenvalue weighted by atomic mass is 35.5. The summed E-state index contributed by atoms with van der Waals surface area (Å²) < 4.78 is 134. The van der Waals surface area contributed by atoms with Crippen LogP contribution in [-0.2, 0) is 51.3 Å². The molecule has 0 atom stereocenters. The monoisotopic (exact) mass is 917 g/mol. The molecule has 59 heavy (non-hydrogen) atoms. The molecule has 0 unspecified atom stereocenters. The standard InChI is InChI=1S/C38H47ClN2O12S4.C2H6/c1-37(2)30-24-28(56(48,49)50)14-16-32(30)40(20-5-7-22-54(42,43)44)34(37)18-12-26-10-9-11-27(36(26)39)13-19-35-38(3,4)31-25-29(57(51,52)53)15-17-33(31)41(35)21-6-8-23-55(45,46)47;1-2/h12-19,24-25H,5-11,20-23H2,1-4H3,(H3-,42,43,44,45,46,47,48,49,50,51,52,53);1-2H3/p+1. The molecule has 19 heteroatoms. The highest BCUT2D eigenvalue weighted by Crippen LogP contribution is 2.49. The van der Waals surface area contributed by atoms with Gasteiger partial charge < -0.3 is 4.90 Å². The zero-order chi connectivity index (χ0) is 44.4. The van der Waals surface area contributed by atoms with Gasteiger partial charge in [0.1, 0.15) is 6.54 Å². The summed E-state index contributed by atoms with van der Waals surface area (Å²) in [5.74, 6) is -0.809. The van der Waals surface area contributed by atoms with E-state index < -0.39 is 62.8 Å². The Labute approximate surface area is 354 Å². The van der Waals surface area contributed by atoms with Gasteiger partial charge in [0, 0.05) is 52.5 Å². The van der Waals surface area contributed by atoms with E-state index in [2.05, 4.69) is 0 Å². The van der Waals surface area contributed by atoms with Crippen molar-refractivity contribution >= 4 is 69.2 Å². The molecular weight excluding hydrogens is 864 g/mol. The van der Waals surface area contributed by atoms with Gasteiger partial charge in [-0.1, -0.05) is 51.4 Å². The van der Waals surface area contributed by atoms with Gasteiger partial charge in [-0.2, -0.15) is 38.2 Å². The fourth-order valence-corrected chi connectivity index (χ4v) is 10.3. The first kappa shape index (κ1) is 48.5. The van der Waals surface area contributed by atoms with Gasteiger partial charge in [-0.05, 0) is 105 Å². The van der Waals surface area contributed by atoms with Crippen molar-refractivity contribution in [2.75, 3.05) is 29.5 Å². The van der Waals surface area contributed by atoms with E-state index in [1.165, 1.54) is 24.3 Å². The van der Waals surface area contributed by atoms with Gasteiger partial charge in [0.25, 0.3) is 40.5 Å². The van der Waals surface area contributed by atoms with Crippen LogP contribution in [0.3, 0.4) is 0 Å². The zero-order valence-electron chi connectivity index (χ0n) is 34.0. The van der Waals surface area contributed by atoms with E-state index in [9.17, 15) is 51.9 Å². The first-order valence-corrected chi connectivity index (χ1v) is 25.7. The van der Waals surface area contributed by atoms with E-state index in [4.69, 9.17) is 11.6 Å². The topological polar surface area (TPSA) is 224 Å². The number of allylic oxidation sites excluding steroid dienone is 8. The molecular formula is C40H54ClN2O12S4+. The number of anilines is 1. The Morgan fingerprint density at radius 2 is 1.27 bits per heavy atom. The van der Waals surface area contributed by atoms with E-state index >= 15 is 0 Å². The SMILES string of the molecule is CC.CC1(C)C(/C=C/C2=C(Cl)C(=C/C=C3/N(CCCCS(=O)(=O)O)c4ccc(S(=O)(=O)O)cc4C3(C)C)/CCC2)=[N+](CCCCS(=O)(=O)O)c2ccc(S(=O)(=O)O)cc21. The van der Waals surface area contributed by atoms with Crippen LogP contribution < -0.4 is 4.90 Å². The molecule has 4 N–H and O–H groups in total. The minimum absolute atomic E-state index is 0.192. The van der Waals surface area contributed by atoms with Gasteiger partial charge in [0.2, 0.25) is 5.69 Å². The number of nitrogens with zero attached hydrogens (tertiary/aromatic N) is 2. The Balaban J connectivity index is 0.00000378. The molecule has 3 aliphatic rings. The molecule has 2 aromatic rings. The van der Waals surface area contributed by atoms with Crippen LogP contribution in [0.15, 0.2) is 92.4 Å². The maximum Gasteiger partial charge on any atom is 0.294 e. The number of hydrogen-bond donors (Lipinski definition) is 4. The summed E-state index contributed by atoms with van der Waals surface area (Å²) in [6, 6.07) is 8.70. The zero-order valence-corrected chi connectivity index (χ0v) is 38.0. The van der Waals surface area contributed by atoms with Crippen molar-refractivity contribution in [1.29, 1.82) is 0 Å². The molecule has 0 saturated heterocycles. The lowest BCUT2D eigenvalue weighted by Gasteiger charge is -2.27. The summed E-state index contributed by atoms with van der Waals surface area (Å²) in [5, 5.41) is 0.526. The molecule has 0 aromatic heterocycles. The Hall–Kier alpha value is -3.20. The molecule has 326 valence electrons. The summed E-state index contributed by atoms with van der Waals surface area (Å²) in [5.41, 5.74) is 4.44. The minimum Gasteiger partial charge on any atom is -0.344 e. The van der Waals surface area contributed by atoms with E-state index in [0.29, 0.717) is 66.3 Å². The third kappa shape index (κ3) is 11.6. The van der Waals surface area contributed by atoms with Crippen LogP contribution in [0.5, 0.6) is 0 Å².